The molecule has 142 valence electrons. The first-order valence-electron chi connectivity index (χ1n) is 8.32. The van der Waals surface area contributed by atoms with Gasteiger partial charge in [0.2, 0.25) is 5.91 Å². The number of para-hydroxylation sites is 1. The third-order valence-electron chi connectivity index (χ3n) is 4.18. The number of hydrogen-bond acceptors (Lipinski definition) is 5. The summed E-state index contributed by atoms with van der Waals surface area (Å²) < 4.78 is 21.6. The monoisotopic (exact) mass is 399 g/mol. The van der Waals surface area contributed by atoms with E-state index in [4.69, 9.17) is 4.42 Å². The highest BCUT2D eigenvalue weighted by molar-refractivity contribution is 7.17. The van der Waals surface area contributed by atoms with E-state index in [-0.39, 0.29) is 18.8 Å². The molecular weight excluding hydrogens is 385 g/mol. The topological polar surface area (TPSA) is 86.2 Å². The number of hydrogen-bond donors (Lipinski definition) is 1. The molecule has 3 heterocycles. The number of rotatable bonds is 5. The number of fused-ring (bicyclic) bond motifs is 1. The second kappa shape index (κ2) is 7.28. The minimum absolute atomic E-state index is 0.0195. The summed E-state index contributed by atoms with van der Waals surface area (Å²) in [5.74, 6) is -0.716. The van der Waals surface area contributed by atoms with E-state index < -0.39 is 23.0 Å². The Morgan fingerprint density at radius 1 is 1.11 bits per heavy atom. The van der Waals surface area contributed by atoms with Gasteiger partial charge in [-0.3, -0.25) is 18.7 Å². The maximum Gasteiger partial charge on any atom is 0.332 e. The third kappa shape index (κ3) is 3.27. The van der Waals surface area contributed by atoms with Crippen LogP contribution in [-0.4, -0.2) is 15.0 Å². The first-order valence-corrected chi connectivity index (χ1v) is 9.20. The van der Waals surface area contributed by atoms with Crippen molar-refractivity contribution in [3.63, 3.8) is 0 Å². The molecule has 28 heavy (non-hydrogen) atoms. The zero-order chi connectivity index (χ0) is 19.7. The highest BCUT2D eigenvalue weighted by Gasteiger charge is 2.17. The predicted molar refractivity (Wildman–Crippen MR) is 103 cm³/mol. The molecular formula is C19H14FN3O4S. The van der Waals surface area contributed by atoms with Crippen molar-refractivity contribution < 1.29 is 13.6 Å². The smallest absolute Gasteiger partial charge is 0.332 e. The van der Waals surface area contributed by atoms with Gasteiger partial charge in [0.25, 0.3) is 5.56 Å². The first-order chi connectivity index (χ1) is 13.5. The second-order valence-electron chi connectivity index (χ2n) is 6.00. The Hall–Kier alpha value is -3.46. The van der Waals surface area contributed by atoms with E-state index in [0.717, 1.165) is 4.57 Å². The summed E-state index contributed by atoms with van der Waals surface area (Å²) in [6.07, 6.45) is 1.45. The molecule has 4 aromatic rings. The molecule has 0 atom stereocenters. The molecule has 7 nitrogen and oxygen atoms in total. The normalized spacial score (nSPS) is 11.0. The molecule has 0 spiro atoms. The van der Waals surface area contributed by atoms with Crippen LogP contribution in [0, 0.1) is 5.82 Å². The third-order valence-corrected chi connectivity index (χ3v) is 5.07. The van der Waals surface area contributed by atoms with Crippen LogP contribution in [0.3, 0.4) is 0 Å². The van der Waals surface area contributed by atoms with Crippen LogP contribution in [0.25, 0.3) is 10.2 Å². The van der Waals surface area contributed by atoms with Gasteiger partial charge in [-0.2, -0.15) is 0 Å². The van der Waals surface area contributed by atoms with Crippen molar-refractivity contribution in [1.82, 2.24) is 9.13 Å². The van der Waals surface area contributed by atoms with E-state index in [0.29, 0.717) is 16.0 Å². The van der Waals surface area contributed by atoms with Crippen molar-refractivity contribution in [2.45, 2.75) is 13.1 Å². The number of carbonyl (C=O) groups is 1. The number of nitrogens with zero attached hydrogens (tertiary/aromatic N) is 2. The lowest BCUT2D eigenvalue weighted by Gasteiger charge is -2.12. The molecule has 3 aromatic heterocycles. The number of carbonyl (C=O) groups excluding carboxylic acids is 1. The van der Waals surface area contributed by atoms with E-state index in [9.17, 15) is 18.8 Å². The Labute approximate surface area is 161 Å². The lowest BCUT2D eigenvalue weighted by atomic mass is 10.3. The van der Waals surface area contributed by atoms with Crippen LogP contribution in [0.4, 0.5) is 10.1 Å². The highest BCUT2D eigenvalue weighted by atomic mass is 32.1. The van der Waals surface area contributed by atoms with Crippen LogP contribution in [-0.2, 0) is 17.9 Å². The van der Waals surface area contributed by atoms with Gasteiger partial charge in [0, 0.05) is 0 Å². The highest BCUT2D eigenvalue weighted by Crippen LogP contribution is 2.16. The maximum absolute atomic E-state index is 13.8. The van der Waals surface area contributed by atoms with Crippen molar-refractivity contribution in [2.24, 2.45) is 0 Å². The molecule has 0 saturated heterocycles. The summed E-state index contributed by atoms with van der Waals surface area (Å²) in [7, 11) is 0. The fourth-order valence-corrected chi connectivity index (χ4v) is 3.72. The van der Waals surface area contributed by atoms with Gasteiger partial charge >= 0.3 is 5.69 Å². The summed E-state index contributed by atoms with van der Waals surface area (Å²) in [5, 5.41) is 4.12. The minimum atomic E-state index is -0.643. The van der Waals surface area contributed by atoms with Crippen LogP contribution in [0.5, 0.6) is 0 Å². The molecule has 9 heteroatoms. The first kappa shape index (κ1) is 17.9. The van der Waals surface area contributed by atoms with Gasteiger partial charge in [-0.05, 0) is 35.7 Å². The number of halogens is 1. The van der Waals surface area contributed by atoms with Crippen LogP contribution in [0.15, 0.2) is 68.1 Å². The summed E-state index contributed by atoms with van der Waals surface area (Å²) in [5.41, 5.74) is -0.710. The van der Waals surface area contributed by atoms with Crippen molar-refractivity contribution >= 4 is 33.1 Å². The number of amides is 1. The molecule has 0 radical (unpaired) electrons. The molecule has 4 rings (SSSR count). The molecule has 0 bridgehead atoms. The molecule has 0 unspecified atom stereocenters. The fourth-order valence-electron chi connectivity index (χ4n) is 2.88. The molecule has 1 N–H and O–H groups in total. The lowest BCUT2D eigenvalue weighted by molar-refractivity contribution is -0.116. The Morgan fingerprint density at radius 3 is 2.68 bits per heavy atom. The molecule has 0 saturated carbocycles. The molecule has 0 aliphatic rings. The Kier molecular flexibility index (Phi) is 4.66. The van der Waals surface area contributed by atoms with E-state index in [1.807, 2.05) is 0 Å². The van der Waals surface area contributed by atoms with E-state index >= 15 is 0 Å². The Balaban J connectivity index is 1.73. The van der Waals surface area contributed by atoms with Crippen LogP contribution >= 0.6 is 11.3 Å². The van der Waals surface area contributed by atoms with Crippen molar-refractivity contribution in [3.8, 4) is 0 Å². The van der Waals surface area contributed by atoms with Gasteiger partial charge < -0.3 is 9.73 Å². The van der Waals surface area contributed by atoms with Crippen molar-refractivity contribution in [1.29, 1.82) is 0 Å². The Morgan fingerprint density at radius 2 is 1.93 bits per heavy atom. The number of furan rings is 1. The van der Waals surface area contributed by atoms with Gasteiger partial charge in [-0.1, -0.05) is 12.1 Å². The largest absolute Gasteiger partial charge is 0.467 e. The van der Waals surface area contributed by atoms with E-state index in [1.165, 1.54) is 40.4 Å². The molecule has 0 aliphatic carbocycles. The number of thiophene rings is 1. The lowest BCUT2D eigenvalue weighted by Crippen LogP contribution is -2.41. The fraction of sp³-hybridized carbons (Fsp3) is 0.105. The summed E-state index contributed by atoms with van der Waals surface area (Å²) >= 11 is 1.18. The van der Waals surface area contributed by atoms with Gasteiger partial charge in [-0.25, -0.2) is 9.18 Å². The Bertz CT molecular complexity index is 1270. The van der Waals surface area contributed by atoms with E-state index in [2.05, 4.69) is 5.32 Å². The quantitative estimate of drug-likeness (QED) is 0.559. The maximum atomic E-state index is 13.8. The van der Waals surface area contributed by atoms with Crippen LogP contribution < -0.4 is 16.6 Å². The van der Waals surface area contributed by atoms with E-state index in [1.54, 1.807) is 29.6 Å². The van der Waals surface area contributed by atoms with Crippen molar-refractivity contribution in [3.05, 3.63) is 86.5 Å². The van der Waals surface area contributed by atoms with Crippen LogP contribution in [0.2, 0.25) is 0 Å². The zero-order valence-corrected chi connectivity index (χ0v) is 15.2. The van der Waals surface area contributed by atoms with Gasteiger partial charge in [0.05, 0.1) is 24.0 Å². The number of benzene rings is 1. The molecule has 1 amide bonds. The predicted octanol–water partition coefficient (Wildman–Crippen LogP) is 2.64. The minimum Gasteiger partial charge on any atom is -0.467 e. The number of aromatic nitrogens is 2. The van der Waals surface area contributed by atoms with Gasteiger partial charge in [0.15, 0.2) is 0 Å². The zero-order valence-electron chi connectivity index (χ0n) is 14.4. The summed E-state index contributed by atoms with van der Waals surface area (Å²) in [4.78, 5) is 38.0. The number of nitrogens with one attached hydrogen (secondary N) is 1. The summed E-state index contributed by atoms with van der Waals surface area (Å²) in [6.45, 7) is -0.410. The molecule has 0 aliphatic heterocycles. The van der Waals surface area contributed by atoms with Crippen molar-refractivity contribution in [2.75, 3.05) is 5.32 Å². The average molecular weight is 399 g/mol. The standard InChI is InChI=1S/C19H14FN3O4S/c20-13-5-1-2-6-14(13)21-16(24)11-22-15-7-9-28-17(15)18(25)23(19(22)26)10-12-4-3-8-27-12/h1-9H,10-11H2,(H,21,24). The molecule has 0 fully saturated rings. The van der Waals surface area contributed by atoms with Crippen LogP contribution in [0.1, 0.15) is 5.76 Å². The SMILES string of the molecule is O=C(Cn1c(=O)n(Cc2ccco2)c(=O)c2sccc21)Nc1ccccc1F. The van der Waals surface area contributed by atoms with Gasteiger partial charge in [-0.15, -0.1) is 11.3 Å². The average Bonchev–Trinajstić information content (AvgIpc) is 3.36. The van der Waals surface area contributed by atoms with Gasteiger partial charge in [0.1, 0.15) is 22.8 Å². The number of anilines is 1. The summed E-state index contributed by atoms with van der Waals surface area (Å²) in [6, 6.07) is 10.7. The molecule has 1 aromatic carbocycles. The second-order valence-corrected chi connectivity index (χ2v) is 6.92.